The van der Waals surface area contributed by atoms with Gasteiger partial charge in [-0.3, -0.25) is 4.84 Å². The van der Waals surface area contributed by atoms with E-state index in [2.05, 4.69) is 20.8 Å². The van der Waals surface area contributed by atoms with Crippen molar-refractivity contribution < 1.29 is 36.3 Å². The third-order valence-electron chi connectivity index (χ3n) is 2.24. The monoisotopic (exact) mass is 391 g/mol. The highest BCUT2D eigenvalue weighted by Crippen LogP contribution is 2.26. The number of alkyl halides is 3. The second kappa shape index (κ2) is 6.30. The predicted molar refractivity (Wildman–Crippen MR) is 68.2 cm³/mol. The summed E-state index contributed by atoms with van der Waals surface area (Å²) >= 11 is 2.98. The number of sulfonamides is 1. The summed E-state index contributed by atoms with van der Waals surface area (Å²) in [7, 11) is -4.46. The number of halogens is 4. The van der Waals surface area contributed by atoms with Crippen LogP contribution < -0.4 is 4.89 Å². The molecule has 21 heavy (non-hydrogen) atoms. The van der Waals surface area contributed by atoms with Crippen molar-refractivity contribution >= 4 is 31.9 Å². The second-order valence-corrected chi connectivity index (χ2v) is 6.34. The topological polar surface area (TPSA) is 92.7 Å². The highest BCUT2D eigenvalue weighted by molar-refractivity contribution is 9.10. The zero-order valence-electron chi connectivity index (χ0n) is 10.4. The lowest BCUT2D eigenvalue weighted by molar-refractivity contribution is -0.181. The molecule has 1 rings (SSSR count). The molecule has 6 nitrogen and oxygen atoms in total. The number of hydrogen-bond donors (Lipinski definition) is 2. The third-order valence-corrected chi connectivity index (χ3v) is 4.40. The van der Waals surface area contributed by atoms with Gasteiger partial charge in [-0.25, -0.2) is 13.2 Å². The highest BCUT2D eigenvalue weighted by atomic mass is 79.9. The van der Waals surface area contributed by atoms with Crippen LogP contribution in [0.1, 0.15) is 15.9 Å². The van der Waals surface area contributed by atoms with Gasteiger partial charge >= 0.3 is 12.1 Å². The van der Waals surface area contributed by atoms with E-state index in [1.54, 1.807) is 0 Å². The molecule has 0 unspecified atom stereocenters. The molecule has 0 saturated carbocycles. The van der Waals surface area contributed by atoms with Crippen LogP contribution in [0.15, 0.2) is 21.5 Å². The fourth-order valence-electron chi connectivity index (χ4n) is 1.29. The van der Waals surface area contributed by atoms with Crippen molar-refractivity contribution in [1.82, 2.24) is 4.89 Å². The molecule has 1 aromatic rings. The number of carboxylic acids is 1. The quantitative estimate of drug-likeness (QED) is 0.750. The zero-order chi connectivity index (χ0) is 16.4. The minimum Gasteiger partial charge on any atom is -0.478 e. The standard InChI is InChI=1S/C10H9BrF3NO5S/c1-5-7(11)2-6(9(16)17)3-8(5)21(18,19)15-20-4-10(12,13)14/h2-3,15H,4H2,1H3,(H,16,17). The summed E-state index contributed by atoms with van der Waals surface area (Å²) < 4.78 is 59.6. The van der Waals surface area contributed by atoms with Gasteiger partial charge in [0, 0.05) is 4.47 Å². The second-order valence-electron chi connectivity index (χ2n) is 3.88. The molecular formula is C10H9BrF3NO5S. The lowest BCUT2D eigenvalue weighted by Gasteiger charge is -2.12. The van der Waals surface area contributed by atoms with Crippen molar-refractivity contribution in [3.05, 3.63) is 27.7 Å². The molecule has 1 aromatic carbocycles. The Labute approximate surface area is 126 Å². The van der Waals surface area contributed by atoms with Crippen LogP contribution in [0.2, 0.25) is 0 Å². The van der Waals surface area contributed by atoms with Gasteiger partial charge in [-0.05, 0) is 24.6 Å². The van der Waals surface area contributed by atoms with Gasteiger partial charge in [0.2, 0.25) is 0 Å². The van der Waals surface area contributed by atoms with Crippen molar-refractivity contribution in [2.24, 2.45) is 0 Å². The summed E-state index contributed by atoms with van der Waals surface area (Å²) in [5, 5.41) is 8.86. The molecule has 0 heterocycles. The number of rotatable bonds is 5. The molecular weight excluding hydrogens is 383 g/mol. The number of benzene rings is 1. The molecule has 0 aliphatic heterocycles. The molecule has 0 bridgehead atoms. The molecule has 0 fully saturated rings. The summed E-state index contributed by atoms with van der Waals surface area (Å²) in [6, 6.07) is 2.00. The SMILES string of the molecule is Cc1c(Br)cc(C(=O)O)cc1S(=O)(=O)NOCC(F)(F)F. The van der Waals surface area contributed by atoms with Crippen LogP contribution in [0, 0.1) is 6.92 Å². The smallest absolute Gasteiger partial charge is 0.413 e. The zero-order valence-corrected chi connectivity index (χ0v) is 12.8. The fraction of sp³-hybridized carbons (Fsp3) is 0.300. The Morgan fingerprint density at radius 3 is 2.48 bits per heavy atom. The number of aromatic carboxylic acids is 1. The lowest BCUT2D eigenvalue weighted by Crippen LogP contribution is -2.30. The summed E-state index contributed by atoms with van der Waals surface area (Å²) in [5.41, 5.74) is -0.216. The molecule has 0 aliphatic carbocycles. The summed E-state index contributed by atoms with van der Waals surface area (Å²) in [6.07, 6.45) is -4.71. The minimum atomic E-state index is -4.71. The van der Waals surface area contributed by atoms with E-state index in [9.17, 15) is 26.4 Å². The Bertz CT molecular complexity index is 659. The molecule has 0 amide bonds. The van der Waals surface area contributed by atoms with Gasteiger partial charge in [-0.15, -0.1) is 0 Å². The van der Waals surface area contributed by atoms with Gasteiger partial charge in [-0.2, -0.15) is 13.2 Å². The molecule has 11 heteroatoms. The van der Waals surface area contributed by atoms with Crippen molar-refractivity contribution in [1.29, 1.82) is 0 Å². The summed E-state index contributed by atoms with van der Waals surface area (Å²) in [4.78, 5) is 15.6. The summed E-state index contributed by atoms with van der Waals surface area (Å²) in [5.74, 6) is -1.39. The first-order valence-electron chi connectivity index (χ1n) is 5.18. The molecule has 0 aromatic heterocycles. The Morgan fingerprint density at radius 1 is 1.43 bits per heavy atom. The first-order valence-corrected chi connectivity index (χ1v) is 7.45. The van der Waals surface area contributed by atoms with Gasteiger partial charge in [0.1, 0.15) is 0 Å². The number of carboxylic acid groups (broad SMARTS) is 1. The average Bonchev–Trinajstić information content (AvgIpc) is 2.29. The van der Waals surface area contributed by atoms with E-state index in [0.717, 1.165) is 6.07 Å². The van der Waals surface area contributed by atoms with E-state index < -0.39 is 33.7 Å². The molecule has 0 aliphatic rings. The molecule has 0 saturated heterocycles. The van der Waals surface area contributed by atoms with Crippen molar-refractivity contribution in [3.63, 3.8) is 0 Å². The van der Waals surface area contributed by atoms with Gasteiger partial charge < -0.3 is 5.11 Å². The van der Waals surface area contributed by atoms with Crippen molar-refractivity contribution in [2.75, 3.05) is 6.61 Å². The molecule has 2 N–H and O–H groups in total. The maximum absolute atomic E-state index is 11.9. The first-order chi connectivity index (χ1) is 9.44. The van der Waals surface area contributed by atoms with Gasteiger partial charge in [0.15, 0.2) is 6.61 Å². The van der Waals surface area contributed by atoms with E-state index in [1.165, 1.54) is 17.9 Å². The van der Waals surface area contributed by atoms with E-state index in [4.69, 9.17) is 5.11 Å². The fourth-order valence-corrected chi connectivity index (χ4v) is 2.98. The van der Waals surface area contributed by atoms with E-state index in [-0.39, 0.29) is 15.6 Å². The minimum absolute atomic E-state index is 0.128. The first kappa shape index (κ1) is 17.9. The van der Waals surface area contributed by atoms with Crippen LogP contribution in [0.5, 0.6) is 0 Å². The molecule has 118 valence electrons. The van der Waals surface area contributed by atoms with Gasteiger partial charge in [-0.1, -0.05) is 20.8 Å². The van der Waals surface area contributed by atoms with Crippen LogP contribution >= 0.6 is 15.9 Å². The number of hydrogen-bond acceptors (Lipinski definition) is 4. The number of carbonyl (C=O) groups is 1. The maximum Gasteiger partial charge on any atom is 0.413 e. The molecule has 0 radical (unpaired) electrons. The predicted octanol–water partition coefficient (Wildman–Crippen LogP) is 2.23. The van der Waals surface area contributed by atoms with E-state index in [0.29, 0.717) is 0 Å². The van der Waals surface area contributed by atoms with Crippen LogP contribution in [0.3, 0.4) is 0 Å². The summed E-state index contributed by atoms with van der Waals surface area (Å²) in [6.45, 7) is -0.459. The average molecular weight is 392 g/mol. The molecule has 0 atom stereocenters. The van der Waals surface area contributed by atoms with Crippen LogP contribution in [0.25, 0.3) is 0 Å². The normalized spacial score (nSPS) is 12.4. The Hall–Kier alpha value is -1.17. The molecule has 0 spiro atoms. The van der Waals surface area contributed by atoms with Crippen molar-refractivity contribution in [3.8, 4) is 0 Å². The van der Waals surface area contributed by atoms with Crippen molar-refractivity contribution in [2.45, 2.75) is 18.0 Å². The van der Waals surface area contributed by atoms with Crippen LogP contribution in [-0.4, -0.2) is 32.3 Å². The Kier molecular flexibility index (Phi) is 5.36. The Balaban J connectivity index is 3.11. The third kappa shape index (κ3) is 4.95. The van der Waals surface area contributed by atoms with Crippen LogP contribution in [0.4, 0.5) is 13.2 Å². The van der Waals surface area contributed by atoms with Crippen LogP contribution in [-0.2, 0) is 14.9 Å². The highest BCUT2D eigenvalue weighted by Gasteiger charge is 2.29. The Morgan fingerprint density at radius 2 is 2.00 bits per heavy atom. The van der Waals surface area contributed by atoms with E-state index >= 15 is 0 Å². The maximum atomic E-state index is 11.9. The lowest BCUT2D eigenvalue weighted by atomic mass is 10.1. The largest absolute Gasteiger partial charge is 0.478 e. The number of nitrogens with one attached hydrogen (secondary N) is 1. The van der Waals surface area contributed by atoms with Gasteiger partial charge in [0.25, 0.3) is 10.0 Å². The van der Waals surface area contributed by atoms with E-state index in [1.807, 2.05) is 0 Å². The van der Waals surface area contributed by atoms with Gasteiger partial charge in [0.05, 0.1) is 10.5 Å².